The molecule has 3 nitrogen and oxygen atoms in total. The molecule has 1 amide bonds. The minimum Gasteiger partial charge on any atom is -0.489 e. The smallest absolute Gasteiger partial charge is 0.255 e. The lowest BCUT2D eigenvalue weighted by Gasteiger charge is -2.08. The molecule has 0 saturated heterocycles. The zero-order valence-electron chi connectivity index (χ0n) is 13.2. The van der Waals surface area contributed by atoms with Crippen LogP contribution in [0.15, 0.2) is 72.8 Å². The summed E-state index contributed by atoms with van der Waals surface area (Å²) < 4.78 is 5.68. The number of amides is 1. The quantitative estimate of drug-likeness (QED) is 0.612. The Balaban J connectivity index is 1.59. The number of carbonyl (C=O) groups is 1. The van der Waals surface area contributed by atoms with Crippen molar-refractivity contribution in [1.82, 2.24) is 0 Å². The molecular weight excluding hydrogens is 357 g/mol. The van der Waals surface area contributed by atoms with Gasteiger partial charge in [0, 0.05) is 21.3 Å². The van der Waals surface area contributed by atoms with Gasteiger partial charge in [-0.25, -0.2) is 0 Å². The fourth-order valence-corrected chi connectivity index (χ4v) is 2.54. The third-order valence-electron chi connectivity index (χ3n) is 3.52. The molecule has 0 unspecified atom stereocenters. The van der Waals surface area contributed by atoms with Gasteiger partial charge in [0.1, 0.15) is 12.4 Å². The van der Waals surface area contributed by atoms with Crippen LogP contribution in [0.25, 0.3) is 0 Å². The van der Waals surface area contributed by atoms with Gasteiger partial charge in [0.15, 0.2) is 0 Å². The summed E-state index contributed by atoms with van der Waals surface area (Å²) in [4.78, 5) is 12.2. The number of halogens is 2. The molecule has 0 aliphatic heterocycles. The van der Waals surface area contributed by atoms with E-state index in [1.165, 1.54) is 0 Å². The van der Waals surface area contributed by atoms with Crippen molar-refractivity contribution in [1.29, 1.82) is 0 Å². The molecule has 3 rings (SSSR count). The van der Waals surface area contributed by atoms with Crippen LogP contribution in [0.3, 0.4) is 0 Å². The van der Waals surface area contributed by atoms with E-state index in [1.807, 2.05) is 24.3 Å². The highest BCUT2D eigenvalue weighted by Gasteiger charge is 2.06. The fraction of sp³-hybridized carbons (Fsp3) is 0.0500. The molecule has 0 atom stereocenters. The Morgan fingerprint density at radius 1 is 0.880 bits per heavy atom. The van der Waals surface area contributed by atoms with E-state index in [2.05, 4.69) is 5.32 Å². The molecule has 0 fully saturated rings. The number of nitrogens with one attached hydrogen (secondary N) is 1. The van der Waals surface area contributed by atoms with Crippen molar-refractivity contribution >= 4 is 34.8 Å². The molecule has 1 N–H and O–H groups in total. The van der Waals surface area contributed by atoms with Gasteiger partial charge in [0.2, 0.25) is 0 Å². The Morgan fingerprint density at radius 3 is 2.28 bits per heavy atom. The second kappa shape index (κ2) is 8.06. The Hall–Kier alpha value is -2.49. The van der Waals surface area contributed by atoms with Crippen molar-refractivity contribution in [3.8, 4) is 5.75 Å². The van der Waals surface area contributed by atoms with E-state index in [0.717, 1.165) is 11.3 Å². The van der Waals surface area contributed by atoms with Crippen LogP contribution < -0.4 is 10.1 Å². The first-order chi connectivity index (χ1) is 12.1. The van der Waals surface area contributed by atoms with Gasteiger partial charge in [0.05, 0.1) is 0 Å². The molecule has 0 spiro atoms. The van der Waals surface area contributed by atoms with Crippen LogP contribution >= 0.6 is 23.2 Å². The highest BCUT2D eigenvalue weighted by molar-refractivity contribution is 6.31. The van der Waals surface area contributed by atoms with E-state index in [4.69, 9.17) is 27.9 Å². The van der Waals surface area contributed by atoms with E-state index in [-0.39, 0.29) is 5.91 Å². The van der Waals surface area contributed by atoms with Gasteiger partial charge in [-0.2, -0.15) is 0 Å². The molecule has 0 aliphatic rings. The SMILES string of the molecule is O=C(Nc1cccc(Cl)c1)c1ccc(COc2ccc(Cl)cc2)cc1. The Bertz CT molecular complexity index is 862. The third-order valence-corrected chi connectivity index (χ3v) is 4.00. The second-order valence-corrected chi connectivity index (χ2v) is 6.28. The monoisotopic (exact) mass is 371 g/mol. The fourth-order valence-electron chi connectivity index (χ4n) is 2.22. The van der Waals surface area contributed by atoms with Crippen LogP contribution in [-0.4, -0.2) is 5.91 Å². The first kappa shape index (κ1) is 17.3. The van der Waals surface area contributed by atoms with Gasteiger partial charge in [-0.3, -0.25) is 4.79 Å². The molecule has 0 aliphatic carbocycles. The van der Waals surface area contributed by atoms with Crippen LogP contribution in [0.4, 0.5) is 5.69 Å². The van der Waals surface area contributed by atoms with Gasteiger partial charge >= 0.3 is 0 Å². The molecule has 126 valence electrons. The van der Waals surface area contributed by atoms with Crippen LogP contribution in [0, 0.1) is 0 Å². The predicted molar refractivity (Wildman–Crippen MR) is 102 cm³/mol. The maximum atomic E-state index is 12.2. The summed E-state index contributed by atoms with van der Waals surface area (Å²) in [5.74, 6) is 0.555. The van der Waals surface area contributed by atoms with E-state index < -0.39 is 0 Å². The van der Waals surface area contributed by atoms with Crippen molar-refractivity contribution in [2.24, 2.45) is 0 Å². The zero-order valence-corrected chi connectivity index (χ0v) is 14.7. The normalized spacial score (nSPS) is 10.3. The summed E-state index contributed by atoms with van der Waals surface area (Å²) in [6, 6.07) is 21.5. The van der Waals surface area contributed by atoms with Crippen molar-refractivity contribution in [2.75, 3.05) is 5.32 Å². The van der Waals surface area contributed by atoms with Crippen molar-refractivity contribution in [2.45, 2.75) is 6.61 Å². The summed E-state index contributed by atoms with van der Waals surface area (Å²) in [6.45, 7) is 0.415. The van der Waals surface area contributed by atoms with Crippen molar-refractivity contribution < 1.29 is 9.53 Å². The standard InChI is InChI=1S/C20H15Cl2NO2/c21-16-8-10-19(11-9-16)25-13-14-4-6-15(7-5-14)20(24)23-18-3-1-2-17(22)12-18/h1-12H,13H2,(H,23,24). The molecule has 0 aromatic heterocycles. The molecular formula is C20H15Cl2NO2. The lowest BCUT2D eigenvalue weighted by molar-refractivity contribution is 0.102. The summed E-state index contributed by atoms with van der Waals surface area (Å²) in [5, 5.41) is 4.06. The van der Waals surface area contributed by atoms with Crippen LogP contribution in [0.5, 0.6) is 5.75 Å². The molecule has 0 saturated carbocycles. The molecule has 0 heterocycles. The average molecular weight is 372 g/mol. The minimum absolute atomic E-state index is 0.188. The van der Waals surface area contributed by atoms with Gasteiger partial charge in [0.25, 0.3) is 5.91 Å². The molecule has 5 heteroatoms. The third kappa shape index (κ3) is 4.99. The van der Waals surface area contributed by atoms with Crippen molar-refractivity contribution in [3.05, 3.63) is 94.0 Å². The van der Waals surface area contributed by atoms with Crippen molar-refractivity contribution in [3.63, 3.8) is 0 Å². The van der Waals surface area contributed by atoms with Gasteiger partial charge < -0.3 is 10.1 Å². The Labute approximate surface area is 156 Å². The number of anilines is 1. The lowest BCUT2D eigenvalue weighted by atomic mass is 10.1. The van der Waals surface area contributed by atoms with E-state index in [1.54, 1.807) is 48.5 Å². The number of hydrogen-bond acceptors (Lipinski definition) is 2. The Morgan fingerprint density at radius 2 is 1.60 bits per heavy atom. The summed E-state index contributed by atoms with van der Waals surface area (Å²) >= 11 is 11.8. The molecule has 25 heavy (non-hydrogen) atoms. The largest absolute Gasteiger partial charge is 0.489 e. The maximum Gasteiger partial charge on any atom is 0.255 e. The zero-order chi connectivity index (χ0) is 17.6. The van der Waals surface area contributed by atoms with E-state index in [0.29, 0.717) is 27.9 Å². The number of hydrogen-bond donors (Lipinski definition) is 1. The van der Waals surface area contributed by atoms with Crippen LogP contribution in [-0.2, 0) is 6.61 Å². The average Bonchev–Trinajstić information content (AvgIpc) is 2.62. The van der Waals surface area contributed by atoms with Gasteiger partial charge in [-0.1, -0.05) is 41.4 Å². The summed E-state index contributed by atoms with van der Waals surface area (Å²) in [6.07, 6.45) is 0. The maximum absolute atomic E-state index is 12.2. The molecule has 3 aromatic carbocycles. The van der Waals surface area contributed by atoms with Crippen LogP contribution in [0.2, 0.25) is 10.0 Å². The molecule has 0 bridgehead atoms. The predicted octanol–water partition coefficient (Wildman–Crippen LogP) is 5.82. The molecule has 3 aromatic rings. The van der Waals surface area contributed by atoms with Crippen LogP contribution in [0.1, 0.15) is 15.9 Å². The highest BCUT2D eigenvalue weighted by atomic mass is 35.5. The minimum atomic E-state index is -0.188. The van der Waals surface area contributed by atoms with Gasteiger partial charge in [-0.05, 0) is 60.2 Å². The highest BCUT2D eigenvalue weighted by Crippen LogP contribution is 2.18. The second-order valence-electron chi connectivity index (χ2n) is 5.40. The number of carbonyl (C=O) groups excluding carboxylic acids is 1. The Kier molecular flexibility index (Phi) is 5.59. The number of ether oxygens (including phenoxy) is 1. The summed E-state index contributed by atoms with van der Waals surface area (Å²) in [7, 11) is 0. The first-order valence-electron chi connectivity index (χ1n) is 7.64. The lowest BCUT2D eigenvalue weighted by Crippen LogP contribution is -2.11. The first-order valence-corrected chi connectivity index (χ1v) is 8.40. The number of benzene rings is 3. The number of rotatable bonds is 5. The van der Waals surface area contributed by atoms with E-state index >= 15 is 0 Å². The molecule has 0 radical (unpaired) electrons. The topological polar surface area (TPSA) is 38.3 Å². The summed E-state index contributed by atoms with van der Waals surface area (Å²) in [5.41, 5.74) is 2.19. The van der Waals surface area contributed by atoms with E-state index in [9.17, 15) is 4.79 Å². The van der Waals surface area contributed by atoms with Gasteiger partial charge in [-0.15, -0.1) is 0 Å².